The largest absolute Gasteiger partial charge is 0.478 e. The first kappa shape index (κ1) is 12.2. The van der Waals surface area contributed by atoms with Crippen LogP contribution in [-0.2, 0) is 10.5 Å². The molecule has 0 heterocycles. The second-order valence-corrected chi connectivity index (χ2v) is 5.45. The quantitative estimate of drug-likeness (QED) is 0.886. The number of benzene rings is 1. The molecule has 1 aromatic carbocycles. The number of thioether (sulfide) groups is 1. The van der Waals surface area contributed by atoms with Gasteiger partial charge in [0, 0.05) is 16.6 Å². The van der Waals surface area contributed by atoms with Crippen LogP contribution in [-0.4, -0.2) is 16.3 Å². The maximum Gasteiger partial charge on any atom is 0.331 e. The fourth-order valence-electron chi connectivity index (χ4n) is 1.97. The SMILES string of the molecule is O=C(O)C1=CC(SCc2ccccc2)CCC1. The minimum absolute atomic E-state index is 0.357. The van der Waals surface area contributed by atoms with E-state index in [1.807, 2.05) is 36.0 Å². The number of rotatable bonds is 4. The predicted octanol–water partition coefficient (Wildman–Crippen LogP) is 3.48. The smallest absolute Gasteiger partial charge is 0.331 e. The standard InChI is InChI=1S/C14H16O2S/c15-14(16)12-7-4-8-13(9-12)17-10-11-5-2-1-3-6-11/h1-3,5-6,9,13H,4,7-8,10H2,(H,15,16). The number of aliphatic carboxylic acids is 1. The van der Waals surface area contributed by atoms with E-state index in [0.29, 0.717) is 10.8 Å². The fourth-order valence-corrected chi connectivity index (χ4v) is 3.16. The lowest BCUT2D eigenvalue weighted by molar-refractivity contribution is -0.132. The van der Waals surface area contributed by atoms with Gasteiger partial charge in [0.05, 0.1) is 0 Å². The fraction of sp³-hybridized carbons (Fsp3) is 0.357. The number of carboxylic acids is 1. The molecule has 1 aromatic rings. The van der Waals surface area contributed by atoms with Crippen molar-refractivity contribution >= 4 is 17.7 Å². The lowest BCUT2D eigenvalue weighted by atomic mass is 9.99. The highest BCUT2D eigenvalue weighted by atomic mass is 32.2. The van der Waals surface area contributed by atoms with E-state index in [-0.39, 0.29) is 0 Å². The van der Waals surface area contributed by atoms with Gasteiger partial charge in [0.15, 0.2) is 0 Å². The third kappa shape index (κ3) is 3.63. The molecule has 0 bridgehead atoms. The van der Waals surface area contributed by atoms with Crippen molar-refractivity contribution in [1.29, 1.82) is 0 Å². The van der Waals surface area contributed by atoms with Crippen molar-refractivity contribution in [2.75, 3.05) is 0 Å². The molecule has 1 atom stereocenters. The van der Waals surface area contributed by atoms with E-state index in [4.69, 9.17) is 5.11 Å². The summed E-state index contributed by atoms with van der Waals surface area (Å²) in [5, 5.41) is 9.32. The Bertz CT molecular complexity index is 411. The number of carbonyl (C=O) groups is 1. The Morgan fingerprint density at radius 3 is 2.82 bits per heavy atom. The monoisotopic (exact) mass is 248 g/mol. The zero-order valence-corrected chi connectivity index (χ0v) is 10.5. The lowest BCUT2D eigenvalue weighted by Gasteiger charge is -2.18. The minimum Gasteiger partial charge on any atom is -0.478 e. The molecule has 2 nitrogen and oxygen atoms in total. The van der Waals surface area contributed by atoms with Crippen molar-refractivity contribution in [1.82, 2.24) is 0 Å². The molecule has 0 amide bonds. The molecule has 0 spiro atoms. The van der Waals surface area contributed by atoms with Gasteiger partial charge >= 0.3 is 5.97 Å². The lowest BCUT2D eigenvalue weighted by Crippen LogP contribution is -2.12. The van der Waals surface area contributed by atoms with Gasteiger partial charge in [-0.05, 0) is 24.8 Å². The summed E-state index contributed by atoms with van der Waals surface area (Å²) in [6.07, 6.45) is 4.73. The van der Waals surface area contributed by atoms with Crippen LogP contribution >= 0.6 is 11.8 Å². The molecule has 0 fully saturated rings. The predicted molar refractivity (Wildman–Crippen MR) is 71.1 cm³/mol. The van der Waals surface area contributed by atoms with Crippen LogP contribution in [0.3, 0.4) is 0 Å². The van der Waals surface area contributed by atoms with Crippen LogP contribution in [0.2, 0.25) is 0 Å². The molecule has 1 N–H and O–H groups in total. The van der Waals surface area contributed by atoms with Gasteiger partial charge in [0.2, 0.25) is 0 Å². The highest BCUT2D eigenvalue weighted by Gasteiger charge is 2.17. The molecule has 17 heavy (non-hydrogen) atoms. The van der Waals surface area contributed by atoms with Crippen LogP contribution in [0.5, 0.6) is 0 Å². The topological polar surface area (TPSA) is 37.3 Å². The third-order valence-corrected chi connectivity index (χ3v) is 4.20. The van der Waals surface area contributed by atoms with E-state index in [9.17, 15) is 4.79 Å². The van der Waals surface area contributed by atoms with Gasteiger partial charge in [-0.25, -0.2) is 4.79 Å². The van der Waals surface area contributed by atoms with Gasteiger partial charge in [-0.2, -0.15) is 0 Å². The van der Waals surface area contributed by atoms with E-state index in [1.165, 1.54) is 5.56 Å². The van der Waals surface area contributed by atoms with Crippen LogP contribution in [0.4, 0.5) is 0 Å². The molecule has 0 radical (unpaired) electrons. The Morgan fingerprint density at radius 1 is 1.35 bits per heavy atom. The van der Waals surface area contributed by atoms with E-state index >= 15 is 0 Å². The molecular formula is C14H16O2S. The molecule has 1 aliphatic carbocycles. The average molecular weight is 248 g/mol. The van der Waals surface area contributed by atoms with Gasteiger partial charge in [-0.1, -0.05) is 36.4 Å². The van der Waals surface area contributed by atoms with E-state index in [0.717, 1.165) is 25.0 Å². The molecule has 1 unspecified atom stereocenters. The van der Waals surface area contributed by atoms with Crippen molar-refractivity contribution in [3.05, 3.63) is 47.5 Å². The molecule has 2 rings (SSSR count). The Labute approximate surface area is 106 Å². The van der Waals surface area contributed by atoms with Crippen molar-refractivity contribution in [2.24, 2.45) is 0 Å². The van der Waals surface area contributed by atoms with Crippen LogP contribution in [0.15, 0.2) is 42.0 Å². The third-order valence-electron chi connectivity index (χ3n) is 2.90. The summed E-state index contributed by atoms with van der Waals surface area (Å²) in [6.45, 7) is 0. The van der Waals surface area contributed by atoms with Gasteiger partial charge in [0.1, 0.15) is 0 Å². The zero-order chi connectivity index (χ0) is 12.1. The Hall–Kier alpha value is -1.22. The average Bonchev–Trinajstić information content (AvgIpc) is 2.38. The summed E-state index contributed by atoms with van der Waals surface area (Å²) in [5.41, 5.74) is 1.88. The molecule has 0 aromatic heterocycles. The second-order valence-electron chi connectivity index (χ2n) is 4.22. The number of hydrogen-bond donors (Lipinski definition) is 1. The van der Waals surface area contributed by atoms with Gasteiger partial charge in [-0.3, -0.25) is 0 Å². The number of carboxylic acid groups (broad SMARTS) is 1. The summed E-state index contributed by atoms with van der Waals surface area (Å²) in [7, 11) is 0. The van der Waals surface area contributed by atoms with Crippen molar-refractivity contribution in [3.8, 4) is 0 Å². The highest BCUT2D eigenvalue weighted by molar-refractivity contribution is 7.99. The first-order valence-electron chi connectivity index (χ1n) is 5.85. The Balaban J connectivity index is 1.91. The summed E-state index contributed by atoms with van der Waals surface area (Å²) in [5.74, 6) is 0.199. The molecule has 90 valence electrons. The highest BCUT2D eigenvalue weighted by Crippen LogP contribution is 2.29. The van der Waals surface area contributed by atoms with Crippen LogP contribution < -0.4 is 0 Å². The summed E-state index contributed by atoms with van der Waals surface area (Å²) >= 11 is 1.83. The maximum absolute atomic E-state index is 10.9. The molecule has 3 heteroatoms. The van der Waals surface area contributed by atoms with E-state index < -0.39 is 5.97 Å². The van der Waals surface area contributed by atoms with E-state index in [2.05, 4.69) is 12.1 Å². The molecule has 0 saturated carbocycles. The van der Waals surface area contributed by atoms with Crippen LogP contribution in [0, 0.1) is 0 Å². The van der Waals surface area contributed by atoms with Crippen molar-refractivity contribution < 1.29 is 9.90 Å². The summed E-state index contributed by atoms with van der Waals surface area (Å²) in [6, 6.07) is 10.3. The normalized spacial score (nSPS) is 19.8. The van der Waals surface area contributed by atoms with Gasteiger partial charge in [0.25, 0.3) is 0 Å². The second kappa shape index (κ2) is 5.92. The molecular weight excluding hydrogens is 232 g/mol. The van der Waals surface area contributed by atoms with Crippen molar-refractivity contribution in [2.45, 2.75) is 30.3 Å². The summed E-state index contributed by atoms with van der Waals surface area (Å²) < 4.78 is 0. The van der Waals surface area contributed by atoms with Gasteiger partial charge in [-0.15, -0.1) is 11.8 Å². The molecule has 0 aliphatic heterocycles. The Morgan fingerprint density at radius 2 is 2.12 bits per heavy atom. The zero-order valence-electron chi connectivity index (χ0n) is 9.63. The van der Waals surface area contributed by atoms with E-state index in [1.54, 1.807) is 0 Å². The first-order chi connectivity index (χ1) is 8.25. The van der Waals surface area contributed by atoms with Crippen LogP contribution in [0.25, 0.3) is 0 Å². The Kier molecular flexibility index (Phi) is 4.26. The minimum atomic E-state index is -0.755. The first-order valence-corrected chi connectivity index (χ1v) is 6.90. The summed E-state index contributed by atoms with van der Waals surface area (Å²) in [4.78, 5) is 10.9. The molecule has 1 aliphatic rings. The number of hydrogen-bond acceptors (Lipinski definition) is 2. The maximum atomic E-state index is 10.9. The van der Waals surface area contributed by atoms with Gasteiger partial charge < -0.3 is 5.11 Å². The molecule has 0 saturated heterocycles. The van der Waals surface area contributed by atoms with Crippen molar-refractivity contribution in [3.63, 3.8) is 0 Å². The van der Waals surface area contributed by atoms with Crippen LogP contribution in [0.1, 0.15) is 24.8 Å².